The van der Waals surface area contributed by atoms with E-state index in [1.54, 1.807) is 43.6 Å². The number of carbonyl (C=O) groups excluding carboxylic acids is 1. The number of anilines is 1. The van der Waals surface area contributed by atoms with E-state index < -0.39 is 5.92 Å². The van der Waals surface area contributed by atoms with E-state index in [2.05, 4.69) is 20.2 Å². The molecule has 2 aliphatic rings. The Kier molecular flexibility index (Phi) is 4.34. The minimum atomic E-state index is -0.520. The Morgan fingerprint density at radius 1 is 1.27 bits per heavy atom. The fourth-order valence-corrected chi connectivity index (χ4v) is 4.48. The van der Waals surface area contributed by atoms with Crippen molar-refractivity contribution >= 4 is 11.9 Å². The Morgan fingerprint density at radius 3 is 2.81 bits per heavy atom. The van der Waals surface area contributed by atoms with E-state index in [4.69, 9.17) is 0 Å². The largest absolute Gasteiger partial charge is 0.348 e. The number of carbonyl (C=O) groups is 1. The highest BCUT2D eigenvalue weighted by Crippen LogP contribution is 2.43. The topological polar surface area (TPSA) is 58.1 Å². The van der Waals surface area contributed by atoms with Gasteiger partial charge in [-0.25, -0.2) is 14.4 Å². The van der Waals surface area contributed by atoms with Gasteiger partial charge in [-0.3, -0.25) is 4.79 Å². The van der Waals surface area contributed by atoms with Crippen LogP contribution in [0, 0.1) is 5.82 Å². The minimum Gasteiger partial charge on any atom is -0.348 e. The van der Waals surface area contributed by atoms with E-state index in [1.807, 2.05) is 0 Å². The fourth-order valence-electron chi connectivity index (χ4n) is 4.48. The van der Waals surface area contributed by atoms with Crippen LogP contribution in [0.25, 0.3) is 0 Å². The zero-order valence-corrected chi connectivity index (χ0v) is 14.9. The quantitative estimate of drug-likeness (QED) is 0.917. The molecule has 1 aromatic carbocycles. The second-order valence-electron chi connectivity index (χ2n) is 7.29. The molecule has 0 radical (unpaired) electrons. The lowest BCUT2D eigenvalue weighted by molar-refractivity contribution is -0.124. The van der Waals surface area contributed by atoms with Crippen molar-refractivity contribution in [1.29, 1.82) is 0 Å². The summed E-state index contributed by atoms with van der Waals surface area (Å²) in [6.07, 6.45) is 7.36. The zero-order valence-electron chi connectivity index (χ0n) is 14.9. The van der Waals surface area contributed by atoms with E-state index in [1.165, 1.54) is 6.07 Å². The molecule has 2 heterocycles. The van der Waals surface area contributed by atoms with Crippen molar-refractivity contribution in [2.75, 3.05) is 11.4 Å². The van der Waals surface area contributed by atoms with Crippen molar-refractivity contribution in [2.45, 2.75) is 50.1 Å². The number of aromatic nitrogens is 2. The van der Waals surface area contributed by atoms with Crippen molar-refractivity contribution in [3.8, 4) is 0 Å². The van der Waals surface area contributed by atoms with Crippen molar-refractivity contribution in [1.82, 2.24) is 15.3 Å². The van der Waals surface area contributed by atoms with Gasteiger partial charge in [-0.15, -0.1) is 0 Å². The number of amides is 1. The second kappa shape index (κ2) is 6.67. The van der Waals surface area contributed by atoms with Crippen molar-refractivity contribution in [3.05, 3.63) is 54.1 Å². The molecule has 1 saturated carbocycles. The van der Waals surface area contributed by atoms with Crippen LogP contribution in [0.3, 0.4) is 0 Å². The molecule has 2 aromatic rings. The van der Waals surface area contributed by atoms with Gasteiger partial charge in [0, 0.05) is 18.9 Å². The fraction of sp³-hybridized carbons (Fsp3) is 0.450. The van der Waals surface area contributed by atoms with Crippen LogP contribution in [-0.4, -0.2) is 34.0 Å². The summed E-state index contributed by atoms with van der Waals surface area (Å²) in [6.45, 7) is 2.59. The summed E-state index contributed by atoms with van der Waals surface area (Å²) < 4.78 is 14.1. The zero-order chi connectivity index (χ0) is 18.1. The normalized spacial score (nSPS) is 25.8. The first-order valence-electron chi connectivity index (χ1n) is 9.21. The van der Waals surface area contributed by atoms with Gasteiger partial charge in [0.15, 0.2) is 0 Å². The van der Waals surface area contributed by atoms with E-state index in [9.17, 15) is 9.18 Å². The van der Waals surface area contributed by atoms with Crippen molar-refractivity contribution in [2.24, 2.45) is 0 Å². The molecule has 5 nitrogen and oxygen atoms in total. The third-order valence-electron chi connectivity index (χ3n) is 5.86. The maximum absolute atomic E-state index is 14.1. The number of fused-ring (bicyclic) bond motifs is 1. The van der Waals surface area contributed by atoms with Gasteiger partial charge in [-0.05, 0) is 50.3 Å². The van der Waals surface area contributed by atoms with Crippen LogP contribution in [0.5, 0.6) is 0 Å². The average Bonchev–Trinajstić information content (AvgIpc) is 3.20. The van der Waals surface area contributed by atoms with Gasteiger partial charge in [0.2, 0.25) is 11.9 Å². The summed E-state index contributed by atoms with van der Waals surface area (Å²) in [4.78, 5) is 23.9. The predicted molar refractivity (Wildman–Crippen MR) is 97.3 cm³/mol. The predicted octanol–water partition coefficient (Wildman–Crippen LogP) is 3.04. The lowest BCUT2D eigenvalue weighted by atomic mass is 9.90. The Morgan fingerprint density at radius 2 is 2.04 bits per heavy atom. The lowest BCUT2D eigenvalue weighted by Crippen LogP contribution is -2.54. The number of hydrogen-bond donors (Lipinski definition) is 1. The summed E-state index contributed by atoms with van der Waals surface area (Å²) in [5, 5.41) is 3.28. The molecule has 0 bridgehead atoms. The first-order valence-corrected chi connectivity index (χ1v) is 9.21. The molecule has 1 N–H and O–H groups in total. The minimum absolute atomic E-state index is 0.113. The maximum atomic E-state index is 14.1. The number of nitrogens with zero attached hydrogens (tertiary/aromatic N) is 3. The summed E-state index contributed by atoms with van der Waals surface area (Å²) >= 11 is 0. The summed E-state index contributed by atoms with van der Waals surface area (Å²) in [7, 11) is 0. The third-order valence-corrected chi connectivity index (χ3v) is 5.86. The van der Waals surface area contributed by atoms with Gasteiger partial charge in [0.25, 0.3) is 0 Å². The molecule has 3 atom stereocenters. The molecule has 4 rings (SSSR count). The molecule has 6 heteroatoms. The Hall–Kier alpha value is -2.50. The first-order chi connectivity index (χ1) is 12.6. The highest BCUT2D eigenvalue weighted by molar-refractivity contribution is 5.84. The smallest absolute Gasteiger partial charge is 0.227 e. The van der Waals surface area contributed by atoms with Gasteiger partial charge < -0.3 is 10.2 Å². The van der Waals surface area contributed by atoms with Crippen LogP contribution in [0.15, 0.2) is 42.7 Å². The van der Waals surface area contributed by atoms with Gasteiger partial charge in [-0.1, -0.05) is 18.2 Å². The van der Waals surface area contributed by atoms with Crippen LogP contribution >= 0.6 is 0 Å². The van der Waals surface area contributed by atoms with Crippen LogP contribution in [0.1, 0.15) is 44.1 Å². The molecule has 1 amide bonds. The molecular formula is C20H23FN4O. The van der Waals surface area contributed by atoms with Gasteiger partial charge in [0.05, 0.1) is 17.5 Å². The summed E-state index contributed by atoms with van der Waals surface area (Å²) in [6, 6.07) is 8.50. The van der Waals surface area contributed by atoms with Crippen molar-refractivity contribution in [3.63, 3.8) is 0 Å². The molecule has 3 unspecified atom stereocenters. The number of benzene rings is 1. The third kappa shape index (κ3) is 2.83. The van der Waals surface area contributed by atoms with Crippen molar-refractivity contribution < 1.29 is 9.18 Å². The Balaban J connectivity index is 1.54. The number of rotatable bonds is 4. The summed E-state index contributed by atoms with van der Waals surface area (Å²) in [5.74, 6) is -0.245. The molecule has 1 aliphatic heterocycles. The molecule has 26 heavy (non-hydrogen) atoms. The molecular weight excluding hydrogens is 331 g/mol. The lowest BCUT2D eigenvalue weighted by Gasteiger charge is -2.34. The average molecular weight is 354 g/mol. The van der Waals surface area contributed by atoms with Gasteiger partial charge in [0.1, 0.15) is 5.82 Å². The van der Waals surface area contributed by atoms with Gasteiger partial charge in [-0.2, -0.15) is 0 Å². The molecule has 1 aromatic heterocycles. The van der Waals surface area contributed by atoms with Crippen LogP contribution in [0.4, 0.5) is 10.3 Å². The Labute approximate surface area is 152 Å². The Bertz CT molecular complexity index is 799. The SMILES string of the molecule is CC(C(=O)NC12CCCC1N(c1ncccn1)CC2)c1ccccc1F. The van der Waals surface area contributed by atoms with Crippen LogP contribution < -0.4 is 10.2 Å². The molecule has 1 aliphatic carbocycles. The van der Waals surface area contributed by atoms with Gasteiger partial charge >= 0.3 is 0 Å². The molecule has 1 saturated heterocycles. The first kappa shape index (κ1) is 16.9. The monoisotopic (exact) mass is 354 g/mol. The van der Waals surface area contributed by atoms with Crippen LogP contribution in [0.2, 0.25) is 0 Å². The standard InChI is InChI=1S/C20H23FN4O/c1-14(15-6-2-3-7-16(15)21)18(26)24-20-9-4-8-17(20)25(13-10-20)19-22-11-5-12-23-19/h2-3,5-7,11-12,14,17H,4,8-10,13H2,1H3,(H,24,26). The van der Waals surface area contributed by atoms with E-state index in [0.717, 1.165) is 38.2 Å². The number of nitrogens with one attached hydrogen (secondary N) is 1. The number of hydrogen-bond acceptors (Lipinski definition) is 4. The molecule has 136 valence electrons. The van der Waals surface area contributed by atoms with E-state index >= 15 is 0 Å². The van der Waals surface area contributed by atoms with Crippen LogP contribution in [-0.2, 0) is 4.79 Å². The number of halogens is 1. The highest BCUT2D eigenvalue weighted by atomic mass is 19.1. The van der Waals surface area contributed by atoms with E-state index in [0.29, 0.717) is 5.56 Å². The maximum Gasteiger partial charge on any atom is 0.227 e. The second-order valence-corrected chi connectivity index (χ2v) is 7.29. The molecule has 0 spiro atoms. The molecule has 2 fully saturated rings. The summed E-state index contributed by atoms with van der Waals surface area (Å²) in [5.41, 5.74) is 0.174. The van der Waals surface area contributed by atoms with E-state index in [-0.39, 0.29) is 23.3 Å². The highest BCUT2D eigenvalue weighted by Gasteiger charge is 2.52.